The van der Waals surface area contributed by atoms with Crippen LogP contribution in [0.4, 0.5) is 4.39 Å². The minimum atomic E-state index is -0.586. The first-order chi connectivity index (χ1) is 9.23. The Hall–Kier alpha value is -1.11. The SMILES string of the molecule is CC1(C)OB(c2ccc3c(F)[nH]nc3c2Cl)OC1(C)C. The molecule has 106 valence electrons. The summed E-state index contributed by atoms with van der Waals surface area (Å²) in [5.41, 5.74) is 0.139. The quantitative estimate of drug-likeness (QED) is 0.823. The minimum absolute atomic E-state index is 0.348. The molecule has 0 amide bonds. The van der Waals surface area contributed by atoms with Gasteiger partial charge in [-0.1, -0.05) is 17.7 Å². The molecule has 1 aromatic heterocycles. The van der Waals surface area contributed by atoms with Gasteiger partial charge in [0.2, 0.25) is 5.95 Å². The van der Waals surface area contributed by atoms with E-state index in [0.29, 0.717) is 21.4 Å². The molecule has 0 spiro atoms. The lowest BCUT2D eigenvalue weighted by atomic mass is 9.78. The third kappa shape index (κ3) is 1.86. The second kappa shape index (κ2) is 4.19. The first-order valence-electron chi connectivity index (χ1n) is 6.40. The van der Waals surface area contributed by atoms with Gasteiger partial charge >= 0.3 is 7.12 Å². The zero-order valence-corrected chi connectivity index (χ0v) is 12.5. The first-order valence-corrected chi connectivity index (χ1v) is 6.78. The van der Waals surface area contributed by atoms with Gasteiger partial charge in [-0.2, -0.15) is 9.49 Å². The van der Waals surface area contributed by atoms with Crippen molar-refractivity contribution < 1.29 is 13.7 Å². The number of aromatic amines is 1. The molecule has 0 unspecified atom stereocenters. The van der Waals surface area contributed by atoms with Gasteiger partial charge in [0.1, 0.15) is 5.52 Å². The van der Waals surface area contributed by atoms with Gasteiger partial charge < -0.3 is 9.31 Å². The molecule has 1 saturated heterocycles. The van der Waals surface area contributed by atoms with E-state index in [4.69, 9.17) is 20.9 Å². The van der Waals surface area contributed by atoms with Gasteiger partial charge in [0.25, 0.3) is 0 Å². The Kier molecular flexibility index (Phi) is 2.91. The van der Waals surface area contributed by atoms with Crippen molar-refractivity contribution in [2.24, 2.45) is 0 Å². The Balaban J connectivity index is 2.06. The minimum Gasteiger partial charge on any atom is -0.399 e. The number of benzene rings is 1. The summed E-state index contributed by atoms with van der Waals surface area (Å²) in [5, 5.41) is 6.87. The topological polar surface area (TPSA) is 47.1 Å². The highest BCUT2D eigenvalue weighted by atomic mass is 35.5. The van der Waals surface area contributed by atoms with E-state index in [2.05, 4.69) is 10.2 Å². The van der Waals surface area contributed by atoms with E-state index in [1.54, 1.807) is 12.1 Å². The summed E-state index contributed by atoms with van der Waals surface area (Å²) in [6, 6.07) is 3.34. The Morgan fingerprint density at radius 2 is 1.80 bits per heavy atom. The molecule has 7 heteroatoms. The fourth-order valence-electron chi connectivity index (χ4n) is 2.18. The molecule has 1 aromatic carbocycles. The number of hydrogen-bond acceptors (Lipinski definition) is 3. The maximum Gasteiger partial charge on any atom is 0.496 e. The van der Waals surface area contributed by atoms with E-state index in [1.807, 2.05) is 27.7 Å². The van der Waals surface area contributed by atoms with E-state index in [9.17, 15) is 4.39 Å². The summed E-state index contributed by atoms with van der Waals surface area (Å²) in [7, 11) is -0.586. The van der Waals surface area contributed by atoms with Crippen LogP contribution in [0.2, 0.25) is 5.02 Å². The van der Waals surface area contributed by atoms with Crippen molar-refractivity contribution in [1.82, 2.24) is 10.2 Å². The van der Waals surface area contributed by atoms with Gasteiger partial charge in [-0.25, -0.2) is 0 Å². The zero-order valence-electron chi connectivity index (χ0n) is 11.8. The van der Waals surface area contributed by atoms with Gasteiger partial charge in [0.05, 0.1) is 21.6 Å². The van der Waals surface area contributed by atoms with Gasteiger partial charge in [-0.15, -0.1) is 0 Å². The highest BCUT2D eigenvalue weighted by Gasteiger charge is 2.52. The fourth-order valence-corrected chi connectivity index (χ4v) is 2.48. The van der Waals surface area contributed by atoms with Crippen molar-refractivity contribution in [2.75, 3.05) is 0 Å². The fraction of sp³-hybridized carbons (Fsp3) is 0.462. The zero-order chi connectivity index (χ0) is 14.7. The average molecular weight is 297 g/mol. The smallest absolute Gasteiger partial charge is 0.399 e. The second-order valence-electron chi connectivity index (χ2n) is 5.99. The molecule has 2 aromatic rings. The Labute approximate surface area is 121 Å². The lowest BCUT2D eigenvalue weighted by Crippen LogP contribution is -2.41. The van der Waals surface area contributed by atoms with Crippen LogP contribution < -0.4 is 5.46 Å². The highest BCUT2D eigenvalue weighted by Crippen LogP contribution is 2.37. The predicted octanol–water partition coefficient (Wildman–Crippen LogP) is 2.65. The molecule has 4 nitrogen and oxygen atoms in total. The molecule has 20 heavy (non-hydrogen) atoms. The van der Waals surface area contributed by atoms with Crippen LogP contribution in [0.25, 0.3) is 10.9 Å². The molecule has 1 N–H and O–H groups in total. The summed E-state index contributed by atoms with van der Waals surface area (Å²) in [6.07, 6.45) is 0. The lowest BCUT2D eigenvalue weighted by molar-refractivity contribution is 0.00578. The van der Waals surface area contributed by atoms with Crippen molar-refractivity contribution >= 4 is 35.1 Å². The van der Waals surface area contributed by atoms with Crippen LogP contribution >= 0.6 is 11.6 Å². The molecule has 0 atom stereocenters. The predicted molar refractivity (Wildman–Crippen MR) is 76.8 cm³/mol. The Morgan fingerprint density at radius 3 is 2.40 bits per heavy atom. The van der Waals surface area contributed by atoms with Crippen LogP contribution in [-0.4, -0.2) is 28.5 Å². The molecule has 1 fully saturated rings. The van der Waals surface area contributed by atoms with Crippen molar-refractivity contribution in [3.8, 4) is 0 Å². The maximum atomic E-state index is 13.4. The number of hydrogen-bond donors (Lipinski definition) is 1. The Bertz CT molecular complexity index is 670. The van der Waals surface area contributed by atoms with Gasteiger partial charge in [0, 0.05) is 5.46 Å². The molecule has 1 aliphatic heterocycles. The van der Waals surface area contributed by atoms with Crippen molar-refractivity contribution in [1.29, 1.82) is 0 Å². The monoisotopic (exact) mass is 296 g/mol. The van der Waals surface area contributed by atoms with Gasteiger partial charge in [-0.05, 0) is 33.8 Å². The van der Waals surface area contributed by atoms with Crippen molar-refractivity contribution in [3.63, 3.8) is 0 Å². The van der Waals surface area contributed by atoms with Crippen LogP contribution in [0, 0.1) is 5.95 Å². The average Bonchev–Trinajstić information content (AvgIpc) is 2.79. The van der Waals surface area contributed by atoms with E-state index in [-0.39, 0.29) is 0 Å². The number of rotatable bonds is 1. The number of H-pyrrole nitrogens is 1. The summed E-state index contributed by atoms with van der Waals surface area (Å²) in [5.74, 6) is -0.498. The first kappa shape index (κ1) is 13.9. The van der Waals surface area contributed by atoms with Crippen LogP contribution in [-0.2, 0) is 9.31 Å². The summed E-state index contributed by atoms with van der Waals surface area (Å²) in [6.45, 7) is 7.86. The van der Waals surface area contributed by atoms with E-state index >= 15 is 0 Å². The van der Waals surface area contributed by atoms with Crippen LogP contribution in [0.1, 0.15) is 27.7 Å². The van der Waals surface area contributed by atoms with Crippen molar-refractivity contribution in [2.45, 2.75) is 38.9 Å². The van der Waals surface area contributed by atoms with Crippen molar-refractivity contribution in [3.05, 3.63) is 23.1 Å². The molecule has 0 radical (unpaired) electrons. The molecule has 1 aliphatic rings. The summed E-state index contributed by atoms with van der Waals surface area (Å²) < 4.78 is 25.3. The third-order valence-corrected chi connectivity index (χ3v) is 4.55. The van der Waals surface area contributed by atoms with E-state index in [1.165, 1.54) is 0 Å². The highest BCUT2D eigenvalue weighted by molar-refractivity contribution is 6.66. The molecule has 2 heterocycles. The number of nitrogens with one attached hydrogen (secondary N) is 1. The Morgan fingerprint density at radius 1 is 1.20 bits per heavy atom. The second-order valence-corrected chi connectivity index (χ2v) is 6.37. The number of halogens is 2. The third-order valence-electron chi connectivity index (χ3n) is 4.16. The molecule has 3 rings (SSSR count). The normalized spacial score (nSPS) is 20.8. The van der Waals surface area contributed by atoms with Gasteiger partial charge in [0.15, 0.2) is 0 Å². The standard InChI is InChI=1S/C13H15BClFN2O2/c1-12(2)13(3,4)20-14(19-12)8-6-5-7-10(9(8)15)17-18-11(7)16/h5-6H,1-4H3,(H,17,18). The van der Waals surface area contributed by atoms with Crippen LogP contribution in [0.3, 0.4) is 0 Å². The van der Waals surface area contributed by atoms with Crippen LogP contribution in [0.5, 0.6) is 0 Å². The number of fused-ring (bicyclic) bond motifs is 1. The summed E-state index contributed by atoms with van der Waals surface area (Å²) in [4.78, 5) is 0. The molecule has 0 aliphatic carbocycles. The largest absolute Gasteiger partial charge is 0.496 e. The van der Waals surface area contributed by atoms with Gasteiger partial charge in [-0.3, -0.25) is 5.10 Å². The van der Waals surface area contributed by atoms with Crippen LogP contribution in [0.15, 0.2) is 12.1 Å². The molecule has 0 saturated carbocycles. The maximum absolute atomic E-state index is 13.4. The number of nitrogens with zero attached hydrogens (tertiary/aromatic N) is 1. The molecular formula is C13H15BClFN2O2. The molecule has 0 bridgehead atoms. The number of aromatic nitrogens is 2. The summed E-state index contributed by atoms with van der Waals surface area (Å²) >= 11 is 6.31. The molecular weight excluding hydrogens is 281 g/mol. The van der Waals surface area contributed by atoms with E-state index in [0.717, 1.165) is 0 Å². The van der Waals surface area contributed by atoms with E-state index < -0.39 is 24.3 Å². The lowest BCUT2D eigenvalue weighted by Gasteiger charge is -2.32.